The second-order valence-corrected chi connectivity index (χ2v) is 9.91. The molecule has 0 radical (unpaired) electrons. The minimum Gasteiger partial charge on any atom is -0.353 e. The van der Waals surface area contributed by atoms with E-state index in [-0.39, 0.29) is 42.5 Å². The maximum atomic E-state index is 12.3. The highest BCUT2D eigenvalue weighted by molar-refractivity contribution is 7.89. The number of carbonyl (C=O) groups is 3. The van der Waals surface area contributed by atoms with Crippen LogP contribution >= 0.6 is 0 Å². The zero-order valence-corrected chi connectivity index (χ0v) is 18.1. The highest BCUT2D eigenvalue weighted by Crippen LogP contribution is 2.22. The molecular formula is C21H29N3O5S. The Hall–Kier alpha value is -2.26. The molecule has 0 saturated carbocycles. The third-order valence-corrected chi connectivity index (χ3v) is 7.59. The van der Waals surface area contributed by atoms with Gasteiger partial charge in [-0.2, -0.15) is 0 Å². The van der Waals surface area contributed by atoms with Crippen molar-refractivity contribution in [1.82, 2.24) is 14.5 Å². The average molecular weight is 436 g/mol. The van der Waals surface area contributed by atoms with E-state index < -0.39 is 10.0 Å². The van der Waals surface area contributed by atoms with E-state index in [9.17, 15) is 22.8 Å². The fourth-order valence-electron chi connectivity index (χ4n) is 3.87. The Morgan fingerprint density at radius 2 is 1.67 bits per heavy atom. The van der Waals surface area contributed by atoms with E-state index in [1.54, 1.807) is 24.3 Å². The number of sulfonamides is 1. The van der Waals surface area contributed by atoms with E-state index >= 15 is 0 Å². The fourth-order valence-corrected chi connectivity index (χ4v) is 5.55. The lowest BCUT2D eigenvalue weighted by molar-refractivity contribution is -0.122. The second kappa shape index (κ2) is 9.70. The SMILES string of the molecule is CCCCS(=O)(=O)N1CCC(NC(=O)CCCN2C(=O)c3ccccc3C2=O)CC1. The van der Waals surface area contributed by atoms with Gasteiger partial charge in [-0.15, -0.1) is 0 Å². The van der Waals surface area contributed by atoms with E-state index in [0.717, 1.165) is 6.42 Å². The van der Waals surface area contributed by atoms with Gasteiger partial charge in [0.25, 0.3) is 11.8 Å². The Bertz CT molecular complexity index is 872. The number of rotatable bonds is 9. The summed E-state index contributed by atoms with van der Waals surface area (Å²) in [6.07, 6.45) is 3.29. The molecule has 1 aromatic rings. The summed E-state index contributed by atoms with van der Waals surface area (Å²) < 4.78 is 26.0. The van der Waals surface area contributed by atoms with Gasteiger partial charge >= 0.3 is 0 Å². The second-order valence-electron chi connectivity index (χ2n) is 7.82. The number of carbonyl (C=O) groups excluding carboxylic acids is 3. The van der Waals surface area contributed by atoms with E-state index in [0.29, 0.717) is 49.9 Å². The summed E-state index contributed by atoms with van der Waals surface area (Å²) in [7, 11) is -3.20. The molecule has 8 nitrogen and oxygen atoms in total. The zero-order chi connectivity index (χ0) is 21.7. The van der Waals surface area contributed by atoms with Gasteiger partial charge in [-0.1, -0.05) is 25.5 Å². The van der Waals surface area contributed by atoms with Gasteiger partial charge in [0.1, 0.15) is 0 Å². The first kappa shape index (κ1) is 22.4. The molecule has 0 unspecified atom stereocenters. The van der Waals surface area contributed by atoms with Crippen molar-refractivity contribution in [2.75, 3.05) is 25.4 Å². The van der Waals surface area contributed by atoms with Gasteiger partial charge in [0.2, 0.25) is 15.9 Å². The number of hydrogen-bond acceptors (Lipinski definition) is 5. The molecule has 2 aliphatic heterocycles. The number of nitrogens with one attached hydrogen (secondary N) is 1. The number of amides is 3. The molecule has 2 aliphatic rings. The highest BCUT2D eigenvalue weighted by Gasteiger charge is 2.34. The summed E-state index contributed by atoms with van der Waals surface area (Å²) in [5.41, 5.74) is 0.820. The van der Waals surface area contributed by atoms with E-state index in [4.69, 9.17) is 0 Å². The van der Waals surface area contributed by atoms with Crippen LogP contribution in [0.3, 0.4) is 0 Å². The summed E-state index contributed by atoms with van der Waals surface area (Å²) in [5, 5.41) is 2.95. The largest absolute Gasteiger partial charge is 0.353 e. The maximum Gasteiger partial charge on any atom is 0.261 e. The normalized spacial score (nSPS) is 18.0. The minimum atomic E-state index is -3.20. The molecule has 3 rings (SSSR count). The van der Waals surface area contributed by atoms with Crippen molar-refractivity contribution in [2.45, 2.75) is 51.5 Å². The fraction of sp³-hybridized carbons (Fsp3) is 0.571. The van der Waals surface area contributed by atoms with Crippen LogP contribution in [0.5, 0.6) is 0 Å². The van der Waals surface area contributed by atoms with Crippen LogP contribution < -0.4 is 5.32 Å². The van der Waals surface area contributed by atoms with Crippen LogP contribution in [0.25, 0.3) is 0 Å². The van der Waals surface area contributed by atoms with Crippen molar-refractivity contribution >= 4 is 27.7 Å². The molecule has 164 valence electrons. The summed E-state index contributed by atoms with van der Waals surface area (Å²) in [6.45, 7) is 3.01. The average Bonchev–Trinajstić information content (AvgIpc) is 2.98. The van der Waals surface area contributed by atoms with Gasteiger partial charge in [-0.3, -0.25) is 19.3 Å². The zero-order valence-electron chi connectivity index (χ0n) is 17.3. The molecular weight excluding hydrogens is 406 g/mol. The quantitative estimate of drug-likeness (QED) is 0.596. The van der Waals surface area contributed by atoms with Gasteiger partial charge in [-0.05, 0) is 37.8 Å². The van der Waals surface area contributed by atoms with Crippen molar-refractivity contribution in [1.29, 1.82) is 0 Å². The number of imide groups is 1. The predicted octanol–water partition coefficient (Wildman–Crippen LogP) is 1.77. The topological polar surface area (TPSA) is 104 Å². The van der Waals surface area contributed by atoms with E-state index in [2.05, 4.69) is 5.32 Å². The molecule has 3 amide bonds. The summed E-state index contributed by atoms with van der Waals surface area (Å²) in [6, 6.07) is 6.67. The van der Waals surface area contributed by atoms with Gasteiger partial charge in [0.15, 0.2) is 0 Å². The van der Waals surface area contributed by atoms with Crippen molar-refractivity contribution < 1.29 is 22.8 Å². The van der Waals surface area contributed by atoms with Crippen LogP contribution in [0, 0.1) is 0 Å². The van der Waals surface area contributed by atoms with Crippen LogP contribution in [0.4, 0.5) is 0 Å². The molecule has 0 bridgehead atoms. The van der Waals surface area contributed by atoms with Gasteiger partial charge in [-0.25, -0.2) is 12.7 Å². The van der Waals surface area contributed by atoms with Crippen molar-refractivity contribution in [3.63, 3.8) is 0 Å². The van der Waals surface area contributed by atoms with Gasteiger partial charge in [0, 0.05) is 32.1 Å². The van der Waals surface area contributed by atoms with Crippen LogP contribution in [-0.4, -0.2) is 66.8 Å². The maximum absolute atomic E-state index is 12.3. The Labute approximate surface area is 177 Å². The lowest BCUT2D eigenvalue weighted by atomic mass is 10.1. The summed E-state index contributed by atoms with van der Waals surface area (Å²) in [5.74, 6) is -0.586. The van der Waals surface area contributed by atoms with E-state index in [1.165, 1.54) is 9.21 Å². The number of hydrogen-bond donors (Lipinski definition) is 1. The van der Waals surface area contributed by atoms with Gasteiger partial charge < -0.3 is 5.32 Å². The van der Waals surface area contributed by atoms with Crippen LogP contribution in [0.2, 0.25) is 0 Å². The lowest BCUT2D eigenvalue weighted by Crippen LogP contribution is -2.47. The molecule has 0 aliphatic carbocycles. The molecule has 0 spiro atoms. The molecule has 0 aromatic heterocycles. The standard InChI is InChI=1S/C21H29N3O5S/c1-2-3-15-30(28,29)23-13-10-16(11-14-23)22-19(25)9-6-12-24-20(26)17-7-4-5-8-18(17)21(24)27/h4-5,7-8,16H,2-3,6,9-15H2,1H3,(H,22,25). The lowest BCUT2D eigenvalue weighted by Gasteiger charge is -2.31. The Morgan fingerprint density at radius 1 is 1.07 bits per heavy atom. The summed E-state index contributed by atoms with van der Waals surface area (Å²) in [4.78, 5) is 38.1. The Balaban J connectivity index is 1.39. The van der Waals surface area contributed by atoms with Crippen LogP contribution in [-0.2, 0) is 14.8 Å². The highest BCUT2D eigenvalue weighted by atomic mass is 32.2. The third-order valence-electron chi connectivity index (χ3n) is 5.63. The molecule has 1 fully saturated rings. The van der Waals surface area contributed by atoms with Crippen LogP contribution in [0.1, 0.15) is 66.2 Å². The van der Waals surface area contributed by atoms with E-state index in [1.807, 2.05) is 6.92 Å². The monoisotopic (exact) mass is 435 g/mol. The van der Waals surface area contributed by atoms with Crippen molar-refractivity contribution in [3.05, 3.63) is 35.4 Å². The van der Waals surface area contributed by atoms with Crippen molar-refractivity contribution in [2.24, 2.45) is 0 Å². The molecule has 9 heteroatoms. The third kappa shape index (κ3) is 5.07. The first-order valence-corrected chi connectivity index (χ1v) is 12.2. The number of fused-ring (bicyclic) bond motifs is 1. The number of piperidine rings is 1. The Kier molecular flexibility index (Phi) is 7.25. The molecule has 1 saturated heterocycles. The minimum absolute atomic E-state index is 0.0468. The number of nitrogens with zero attached hydrogens (tertiary/aromatic N) is 2. The smallest absolute Gasteiger partial charge is 0.261 e. The predicted molar refractivity (Wildman–Crippen MR) is 112 cm³/mol. The Morgan fingerprint density at radius 3 is 2.23 bits per heavy atom. The first-order chi connectivity index (χ1) is 14.3. The molecule has 1 N–H and O–H groups in total. The number of unbranched alkanes of at least 4 members (excludes halogenated alkanes) is 1. The van der Waals surface area contributed by atoms with Crippen LogP contribution in [0.15, 0.2) is 24.3 Å². The van der Waals surface area contributed by atoms with Crippen molar-refractivity contribution in [3.8, 4) is 0 Å². The summed E-state index contributed by atoms with van der Waals surface area (Å²) >= 11 is 0. The first-order valence-electron chi connectivity index (χ1n) is 10.6. The molecule has 30 heavy (non-hydrogen) atoms. The molecule has 2 heterocycles. The molecule has 1 aromatic carbocycles. The van der Waals surface area contributed by atoms with Gasteiger partial charge in [0.05, 0.1) is 16.9 Å². The number of benzene rings is 1. The molecule has 0 atom stereocenters.